The number of aromatic nitrogens is 2. The van der Waals surface area contributed by atoms with Gasteiger partial charge in [-0.25, -0.2) is 15.1 Å². The monoisotopic (exact) mass is 424 g/mol. The van der Waals surface area contributed by atoms with Crippen molar-refractivity contribution in [2.24, 2.45) is 5.14 Å². The Bertz CT molecular complexity index is 999. The van der Waals surface area contributed by atoms with Crippen LogP contribution in [0.15, 0.2) is 18.5 Å². The third kappa shape index (κ3) is 5.02. The third-order valence-corrected chi connectivity index (χ3v) is 5.24. The van der Waals surface area contributed by atoms with Gasteiger partial charge in [0.25, 0.3) is 10.2 Å². The number of hydrogen-bond acceptors (Lipinski definition) is 8. The maximum atomic E-state index is 12.3. The van der Waals surface area contributed by atoms with Crippen LogP contribution in [-0.4, -0.2) is 76.1 Å². The molecule has 1 aromatic carbocycles. The van der Waals surface area contributed by atoms with Gasteiger partial charge in [-0.3, -0.25) is 4.79 Å². The van der Waals surface area contributed by atoms with Crippen molar-refractivity contribution in [1.82, 2.24) is 19.6 Å². The van der Waals surface area contributed by atoms with Crippen molar-refractivity contribution in [3.8, 4) is 11.5 Å². The van der Waals surface area contributed by atoms with E-state index in [1.807, 2.05) is 10.8 Å². The largest absolute Gasteiger partial charge is 0.493 e. The number of hydrogen-bond donors (Lipinski definition) is 2. The average molecular weight is 424 g/mol. The SMILES string of the molecule is COc1cc2ncnc(N3CCCN(C(=O)CNS(N)(=O)=O)CC3)c2cc1OC. The zero-order chi connectivity index (χ0) is 21.0. The average Bonchev–Trinajstić information content (AvgIpc) is 2.96. The maximum absolute atomic E-state index is 12.3. The summed E-state index contributed by atoms with van der Waals surface area (Å²) in [4.78, 5) is 24.7. The van der Waals surface area contributed by atoms with E-state index in [2.05, 4.69) is 14.9 Å². The number of nitrogens with zero attached hydrogens (tertiary/aromatic N) is 4. The molecule has 1 aliphatic rings. The van der Waals surface area contributed by atoms with Crippen LogP contribution in [0.2, 0.25) is 0 Å². The molecule has 0 bridgehead atoms. The van der Waals surface area contributed by atoms with Gasteiger partial charge in [-0.05, 0) is 12.5 Å². The number of methoxy groups -OCH3 is 2. The summed E-state index contributed by atoms with van der Waals surface area (Å²) >= 11 is 0. The Labute approximate surface area is 169 Å². The van der Waals surface area contributed by atoms with Crippen LogP contribution in [0.4, 0.5) is 5.82 Å². The van der Waals surface area contributed by atoms with Gasteiger partial charge >= 0.3 is 0 Å². The van der Waals surface area contributed by atoms with Gasteiger partial charge in [-0.2, -0.15) is 13.1 Å². The fourth-order valence-corrected chi connectivity index (χ4v) is 3.60. The predicted octanol–water partition coefficient (Wildman–Crippen LogP) is -0.521. The smallest absolute Gasteiger partial charge is 0.274 e. The van der Waals surface area contributed by atoms with Crippen LogP contribution in [0.3, 0.4) is 0 Å². The van der Waals surface area contributed by atoms with E-state index in [-0.39, 0.29) is 12.5 Å². The van der Waals surface area contributed by atoms with E-state index < -0.39 is 10.2 Å². The van der Waals surface area contributed by atoms with E-state index in [0.717, 1.165) is 16.7 Å². The molecule has 0 aliphatic carbocycles. The Morgan fingerprint density at radius 2 is 1.86 bits per heavy atom. The number of anilines is 1. The number of benzene rings is 1. The molecule has 1 fully saturated rings. The molecule has 2 heterocycles. The Morgan fingerprint density at radius 3 is 2.55 bits per heavy atom. The second-order valence-electron chi connectivity index (χ2n) is 6.51. The van der Waals surface area contributed by atoms with Crippen LogP contribution < -0.4 is 24.2 Å². The Balaban J connectivity index is 1.79. The van der Waals surface area contributed by atoms with Crippen molar-refractivity contribution < 1.29 is 22.7 Å². The molecule has 158 valence electrons. The molecule has 1 aliphatic heterocycles. The van der Waals surface area contributed by atoms with Crippen LogP contribution in [0.5, 0.6) is 11.5 Å². The lowest BCUT2D eigenvalue weighted by Crippen LogP contribution is -2.43. The summed E-state index contributed by atoms with van der Waals surface area (Å²) in [5.74, 6) is 1.59. The topological polar surface area (TPSA) is 140 Å². The first-order valence-electron chi connectivity index (χ1n) is 8.99. The van der Waals surface area contributed by atoms with Crippen LogP contribution in [0, 0.1) is 0 Å². The number of rotatable bonds is 6. The summed E-state index contributed by atoms with van der Waals surface area (Å²) < 4.78 is 34.8. The summed E-state index contributed by atoms with van der Waals surface area (Å²) in [5, 5.41) is 5.71. The highest BCUT2D eigenvalue weighted by molar-refractivity contribution is 7.87. The summed E-state index contributed by atoms with van der Waals surface area (Å²) in [5.41, 5.74) is 0.724. The molecule has 2 aromatic rings. The molecule has 11 nitrogen and oxygen atoms in total. The lowest BCUT2D eigenvalue weighted by atomic mass is 10.2. The van der Waals surface area contributed by atoms with Gasteiger partial charge in [0.05, 0.1) is 26.3 Å². The van der Waals surface area contributed by atoms with Crippen molar-refractivity contribution in [2.45, 2.75) is 6.42 Å². The molecular formula is C17H24N6O5S. The first-order valence-corrected chi connectivity index (χ1v) is 10.5. The molecule has 0 saturated carbocycles. The standard InChI is InChI=1S/C17H24N6O5S/c1-27-14-8-12-13(9-15(14)28-2)19-11-20-17(12)23-5-3-4-22(6-7-23)16(24)10-21-29(18,25)26/h8-9,11,21H,3-7,10H2,1-2H3,(H2,18,25,26). The van der Waals surface area contributed by atoms with Crippen molar-refractivity contribution in [3.05, 3.63) is 18.5 Å². The van der Waals surface area contributed by atoms with Crippen molar-refractivity contribution in [1.29, 1.82) is 0 Å². The van der Waals surface area contributed by atoms with Gasteiger partial charge in [0.15, 0.2) is 11.5 Å². The number of amides is 1. The lowest BCUT2D eigenvalue weighted by Gasteiger charge is -2.24. The van der Waals surface area contributed by atoms with Crippen LogP contribution in [0.1, 0.15) is 6.42 Å². The fourth-order valence-electron chi connectivity index (χ4n) is 3.27. The maximum Gasteiger partial charge on any atom is 0.274 e. The zero-order valence-electron chi connectivity index (χ0n) is 16.3. The highest BCUT2D eigenvalue weighted by atomic mass is 32.2. The minimum absolute atomic E-state index is 0.320. The van der Waals surface area contributed by atoms with E-state index in [9.17, 15) is 13.2 Å². The summed E-state index contributed by atoms with van der Waals surface area (Å²) in [6.07, 6.45) is 2.20. The van der Waals surface area contributed by atoms with Crippen molar-refractivity contribution in [2.75, 3.05) is 51.8 Å². The number of nitrogens with one attached hydrogen (secondary N) is 1. The summed E-state index contributed by atoms with van der Waals surface area (Å²) in [6, 6.07) is 3.64. The van der Waals surface area contributed by atoms with E-state index in [1.54, 1.807) is 25.2 Å². The predicted molar refractivity (Wildman–Crippen MR) is 107 cm³/mol. The van der Waals surface area contributed by atoms with E-state index in [0.29, 0.717) is 44.1 Å². The molecule has 12 heteroatoms. The molecule has 1 saturated heterocycles. The molecule has 3 rings (SSSR count). The first-order chi connectivity index (χ1) is 13.8. The molecular weight excluding hydrogens is 400 g/mol. The van der Waals surface area contributed by atoms with Gasteiger partial charge in [-0.15, -0.1) is 0 Å². The van der Waals surface area contributed by atoms with Crippen molar-refractivity contribution >= 4 is 32.8 Å². The first kappa shape index (κ1) is 21.0. The van der Waals surface area contributed by atoms with Crippen LogP contribution >= 0.6 is 0 Å². The second kappa shape index (κ2) is 8.76. The Kier molecular flexibility index (Phi) is 6.35. The fraction of sp³-hybridized carbons (Fsp3) is 0.471. The number of fused-ring (bicyclic) bond motifs is 1. The zero-order valence-corrected chi connectivity index (χ0v) is 17.1. The Hall–Kier alpha value is -2.70. The Morgan fingerprint density at radius 1 is 1.14 bits per heavy atom. The van der Waals surface area contributed by atoms with E-state index >= 15 is 0 Å². The van der Waals surface area contributed by atoms with Crippen LogP contribution in [0.25, 0.3) is 10.9 Å². The quantitative estimate of drug-likeness (QED) is 0.631. The number of nitrogens with two attached hydrogens (primary N) is 1. The number of carbonyl (C=O) groups is 1. The van der Waals surface area contributed by atoms with Gasteiger partial charge in [0.2, 0.25) is 5.91 Å². The van der Waals surface area contributed by atoms with Crippen LogP contribution in [-0.2, 0) is 15.0 Å². The molecule has 0 radical (unpaired) electrons. The van der Waals surface area contributed by atoms with Gasteiger partial charge in [0.1, 0.15) is 12.1 Å². The minimum atomic E-state index is -3.90. The van der Waals surface area contributed by atoms with Gasteiger partial charge in [-0.1, -0.05) is 0 Å². The molecule has 29 heavy (non-hydrogen) atoms. The van der Waals surface area contributed by atoms with Gasteiger partial charge in [0, 0.05) is 37.6 Å². The molecule has 1 aromatic heterocycles. The lowest BCUT2D eigenvalue weighted by molar-refractivity contribution is -0.129. The molecule has 0 spiro atoms. The highest BCUT2D eigenvalue weighted by Gasteiger charge is 2.22. The second-order valence-corrected chi connectivity index (χ2v) is 7.89. The molecule has 0 atom stereocenters. The van der Waals surface area contributed by atoms with Gasteiger partial charge < -0.3 is 19.3 Å². The highest BCUT2D eigenvalue weighted by Crippen LogP contribution is 2.34. The molecule has 3 N–H and O–H groups in total. The molecule has 1 amide bonds. The minimum Gasteiger partial charge on any atom is -0.493 e. The van der Waals surface area contributed by atoms with E-state index in [4.69, 9.17) is 14.6 Å². The number of ether oxygens (including phenoxy) is 2. The summed E-state index contributed by atoms with van der Waals surface area (Å²) in [7, 11) is -0.770. The normalized spacial score (nSPS) is 15.3. The third-order valence-electron chi connectivity index (χ3n) is 4.69. The number of carbonyl (C=O) groups excluding carboxylic acids is 1. The van der Waals surface area contributed by atoms with E-state index in [1.165, 1.54) is 6.33 Å². The molecule has 0 unspecified atom stereocenters. The van der Waals surface area contributed by atoms with Crippen molar-refractivity contribution in [3.63, 3.8) is 0 Å². The summed E-state index contributed by atoms with van der Waals surface area (Å²) in [6.45, 7) is 1.83.